The number of amides is 1. The number of rotatable bonds is 5. The number of hydrogen-bond acceptors (Lipinski definition) is 5. The van der Waals surface area contributed by atoms with Crippen molar-refractivity contribution in [1.82, 2.24) is 20.4 Å². The van der Waals surface area contributed by atoms with Gasteiger partial charge in [0, 0.05) is 37.0 Å². The van der Waals surface area contributed by atoms with Gasteiger partial charge in [-0.15, -0.1) is 24.0 Å². The van der Waals surface area contributed by atoms with E-state index < -0.39 is 0 Å². The number of halogens is 1. The average molecular weight is 542 g/mol. The van der Waals surface area contributed by atoms with E-state index in [1.165, 1.54) is 0 Å². The Labute approximate surface area is 200 Å². The number of aromatic nitrogens is 2. The summed E-state index contributed by atoms with van der Waals surface area (Å²) in [4.78, 5) is 16.8. The van der Waals surface area contributed by atoms with Crippen LogP contribution in [0.25, 0.3) is 0 Å². The van der Waals surface area contributed by atoms with Gasteiger partial charge in [0.15, 0.2) is 17.5 Å². The highest BCUT2D eigenvalue weighted by molar-refractivity contribution is 14.0. The van der Waals surface area contributed by atoms with Crippen molar-refractivity contribution in [1.29, 1.82) is 0 Å². The average Bonchev–Trinajstić information content (AvgIpc) is 2.94. The van der Waals surface area contributed by atoms with Crippen molar-refractivity contribution in [2.24, 2.45) is 12.0 Å². The molecule has 1 aromatic heterocycles. The molecule has 0 saturated heterocycles. The molecule has 0 spiro atoms. The number of carbonyl (C=O) groups excluding carboxylic acids is 1. The van der Waals surface area contributed by atoms with E-state index in [1.807, 2.05) is 52.1 Å². The summed E-state index contributed by atoms with van der Waals surface area (Å²) in [6.45, 7) is 7.59. The Balaban J connectivity index is 0.00000341. The molecule has 170 valence electrons. The summed E-state index contributed by atoms with van der Waals surface area (Å²) in [6, 6.07) is 7.54. The van der Waals surface area contributed by atoms with Gasteiger partial charge in [0.2, 0.25) is 5.91 Å². The molecule has 0 fully saturated rings. The van der Waals surface area contributed by atoms with E-state index in [4.69, 9.17) is 9.47 Å². The monoisotopic (exact) mass is 542 g/mol. The minimum Gasteiger partial charge on any atom is -0.490 e. The van der Waals surface area contributed by atoms with Crippen LogP contribution in [0.1, 0.15) is 32.9 Å². The molecule has 0 atom stereocenters. The molecule has 3 N–H and O–H groups in total. The molecule has 3 rings (SSSR count). The van der Waals surface area contributed by atoms with Crippen molar-refractivity contribution in [3.8, 4) is 11.5 Å². The van der Waals surface area contributed by atoms with E-state index in [2.05, 4.69) is 26.0 Å². The van der Waals surface area contributed by atoms with Gasteiger partial charge < -0.3 is 25.4 Å². The highest BCUT2D eigenvalue weighted by Gasteiger charge is 2.15. The number of fused-ring (bicyclic) bond motifs is 1. The molecule has 10 heteroatoms. The van der Waals surface area contributed by atoms with Gasteiger partial charge in [-0.1, -0.05) is 0 Å². The first-order valence-electron chi connectivity index (χ1n) is 10.0. The van der Waals surface area contributed by atoms with Gasteiger partial charge in [-0.2, -0.15) is 5.10 Å². The van der Waals surface area contributed by atoms with Gasteiger partial charge in [-0.25, -0.2) is 4.99 Å². The van der Waals surface area contributed by atoms with E-state index in [1.54, 1.807) is 10.9 Å². The molecule has 1 aliphatic rings. The summed E-state index contributed by atoms with van der Waals surface area (Å²) < 4.78 is 13.2. The normalized spacial score (nSPS) is 13.6. The molecule has 0 bridgehead atoms. The van der Waals surface area contributed by atoms with Crippen LogP contribution in [-0.2, 0) is 18.4 Å². The van der Waals surface area contributed by atoms with Crippen LogP contribution in [0.3, 0.4) is 0 Å². The van der Waals surface area contributed by atoms with Crippen molar-refractivity contribution in [2.75, 3.05) is 25.1 Å². The molecule has 1 amide bonds. The lowest BCUT2D eigenvalue weighted by Crippen LogP contribution is -2.46. The Morgan fingerprint density at radius 2 is 1.94 bits per heavy atom. The highest BCUT2D eigenvalue weighted by Crippen LogP contribution is 2.32. The summed E-state index contributed by atoms with van der Waals surface area (Å²) in [6.07, 6.45) is 2.57. The first kappa shape index (κ1) is 24.8. The fourth-order valence-corrected chi connectivity index (χ4v) is 2.86. The molecule has 2 aromatic rings. The lowest BCUT2D eigenvalue weighted by atomic mass is 10.1. The number of aliphatic imine (C=N–C) groups is 1. The van der Waals surface area contributed by atoms with Crippen LogP contribution in [-0.4, -0.2) is 46.9 Å². The van der Waals surface area contributed by atoms with E-state index in [0.29, 0.717) is 31.5 Å². The minimum absolute atomic E-state index is 0. The molecule has 31 heavy (non-hydrogen) atoms. The third-order valence-corrected chi connectivity index (χ3v) is 4.26. The topological polar surface area (TPSA) is 102 Å². The molecule has 0 radical (unpaired) electrons. The van der Waals surface area contributed by atoms with Gasteiger partial charge in [-0.05, 0) is 39.0 Å². The molecule has 2 heterocycles. The van der Waals surface area contributed by atoms with Crippen molar-refractivity contribution < 1.29 is 14.3 Å². The van der Waals surface area contributed by atoms with Crippen LogP contribution >= 0.6 is 24.0 Å². The Morgan fingerprint density at radius 1 is 1.19 bits per heavy atom. The number of aryl methyl sites for hydroxylation is 1. The summed E-state index contributed by atoms with van der Waals surface area (Å²) in [5.74, 6) is 1.78. The number of nitrogens with zero attached hydrogens (tertiary/aromatic N) is 3. The maximum Gasteiger partial charge on any atom is 0.239 e. The number of anilines is 1. The van der Waals surface area contributed by atoms with Gasteiger partial charge in [0.05, 0.1) is 32.0 Å². The molecule has 0 saturated carbocycles. The summed E-state index contributed by atoms with van der Waals surface area (Å²) in [5, 5.41) is 13.4. The Hall–Kier alpha value is -2.50. The Kier molecular flexibility index (Phi) is 8.96. The molecule has 0 aliphatic carbocycles. The number of carbonyl (C=O) groups is 1. The summed E-state index contributed by atoms with van der Waals surface area (Å²) in [7, 11) is 1.87. The lowest BCUT2D eigenvalue weighted by Gasteiger charge is -2.21. The largest absolute Gasteiger partial charge is 0.490 e. The minimum atomic E-state index is -0.299. The zero-order valence-electron chi connectivity index (χ0n) is 18.4. The van der Waals surface area contributed by atoms with E-state index in [-0.39, 0.29) is 42.0 Å². The lowest BCUT2D eigenvalue weighted by molar-refractivity contribution is -0.121. The number of nitrogens with one attached hydrogen (secondary N) is 3. The number of ether oxygens (including phenoxy) is 2. The molecular weight excluding hydrogens is 511 g/mol. The second kappa shape index (κ2) is 11.2. The number of hydrogen-bond donors (Lipinski definition) is 3. The molecular formula is C21H31IN6O3. The quantitative estimate of drug-likeness (QED) is 0.305. The van der Waals surface area contributed by atoms with E-state index in [9.17, 15) is 4.79 Å². The number of guanidine groups is 1. The first-order chi connectivity index (χ1) is 14.3. The first-order valence-corrected chi connectivity index (χ1v) is 10.0. The van der Waals surface area contributed by atoms with Gasteiger partial charge >= 0.3 is 0 Å². The third-order valence-electron chi connectivity index (χ3n) is 4.26. The predicted molar refractivity (Wildman–Crippen MR) is 131 cm³/mol. The van der Waals surface area contributed by atoms with Gasteiger partial charge in [0.1, 0.15) is 0 Å². The second-order valence-corrected chi connectivity index (χ2v) is 8.10. The zero-order chi connectivity index (χ0) is 21.6. The highest BCUT2D eigenvalue weighted by atomic mass is 127. The van der Waals surface area contributed by atoms with Crippen molar-refractivity contribution in [3.63, 3.8) is 0 Å². The zero-order valence-corrected chi connectivity index (χ0v) is 20.7. The van der Waals surface area contributed by atoms with E-state index >= 15 is 0 Å². The number of benzene rings is 1. The fraction of sp³-hybridized carbons (Fsp3) is 0.476. The second-order valence-electron chi connectivity index (χ2n) is 8.10. The summed E-state index contributed by atoms with van der Waals surface area (Å²) in [5.41, 5.74) is 1.44. The standard InChI is InChI=1S/C21H30N6O3.HI/c1-21(2,3)26-19(28)14-23-20(22-13-16-8-9-24-27(16)4)25-15-6-7-17-18(12-15)30-11-5-10-29-17;/h6-9,12H,5,10-11,13-14H2,1-4H3,(H,26,28)(H2,22,23,25);1H. The fourth-order valence-electron chi connectivity index (χ4n) is 2.86. The van der Waals surface area contributed by atoms with Crippen LogP contribution in [0.5, 0.6) is 11.5 Å². The van der Waals surface area contributed by atoms with Crippen LogP contribution in [0, 0.1) is 0 Å². The molecule has 9 nitrogen and oxygen atoms in total. The summed E-state index contributed by atoms with van der Waals surface area (Å²) >= 11 is 0. The van der Waals surface area contributed by atoms with Crippen molar-refractivity contribution in [2.45, 2.75) is 39.3 Å². The van der Waals surface area contributed by atoms with Crippen LogP contribution < -0.4 is 25.4 Å². The smallest absolute Gasteiger partial charge is 0.239 e. The SMILES string of the molecule is Cn1nccc1CN=C(NCC(=O)NC(C)(C)C)Nc1ccc2c(c1)OCCCO2.I. The maximum absolute atomic E-state index is 12.2. The Bertz CT molecular complexity index is 907. The van der Waals surface area contributed by atoms with Crippen molar-refractivity contribution >= 4 is 41.5 Å². The van der Waals surface area contributed by atoms with Crippen LogP contribution in [0.2, 0.25) is 0 Å². The van der Waals surface area contributed by atoms with Gasteiger partial charge in [0.25, 0.3) is 0 Å². The van der Waals surface area contributed by atoms with Gasteiger partial charge in [-0.3, -0.25) is 9.48 Å². The van der Waals surface area contributed by atoms with Crippen LogP contribution in [0.15, 0.2) is 35.5 Å². The Morgan fingerprint density at radius 3 is 2.61 bits per heavy atom. The molecule has 1 aliphatic heterocycles. The molecule has 0 unspecified atom stereocenters. The maximum atomic E-state index is 12.2. The predicted octanol–water partition coefficient (Wildman–Crippen LogP) is 2.67. The third kappa shape index (κ3) is 7.93. The molecule has 1 aromatic carbocycles. The van der Waals surface area contributed by atoms with E-state index in [0.717, 1.165) is 23.6 Å². The van der Waals surface area contributed by atoms with Crippen LogP contribution in [0.4, 0.5) is 5.69 Å². The van der Waals surface area contributed by atoms with Crippen molar-refractivity contribution in [3.05, 3.63) is 36.2 Å².